The van der Waals surface area contributed by atoms with E-state index in [-0.39, 0.29) is 24.0 Å². The second-order valence-electron chi connectivity index (χ2n) is 7.19. The number of anilines is 2. The maximum Gasteiger partial charge on any atom is 0.330 e. The highest BCUT2D eigenvalue weighted by atomic mass is 32.1. The highest BCUT2D eigenvalue weighted by Gasteiger charge is 2.19. The molecule has 0 aliphatic heterocycles. The van der Waals surface area contributed by atoms with Gasteiger partial charge in [0.25, 0.3) is 5.56 Å². The van der Waals surface area contributed by atoms with Gasteiger partial charge in [-0.15, -0.1) is 11.3 Å². The Hall–Kier alpha value is -3.14. The maximum absolute atomic E-state index is 12.5. The van der Waals surface area contributed by atoms with Crippen LogP contribution in [-0.4, -0.2) is 40.1 Å². The number of nitrogens with one attached hydrogen (secondary N) is 2. The molecule has 0 bridgehead atoms. The van der Waals surface area contributed by atoms with Gasteiger partial charge in [-0.05, 0) is 25.5 Å². The van der Waals surface area contributed by atoms with E-state index in [9.17, 15) is 14.4 Å². The van der Waals surface area contributed by atoms with E-state index < -0.39 is 11.2 Å². The molecule has 0 saturated carbocycles. The summed E-state index contributed by atoms with van der Waals surface area (Å²) in [6.45, 7) is 5.05. The van der Waals surface area contributed by atoms with Crippen molar-refractivity contribution >= 4 is 39.0 Å². The predicted octanol–water partition coefficient (Wildman–Crippen LogP) is 1.71. The number of nitrogens with two attached hydrogens (primary N) is 1. The Morgan fingerprint density at radius 2 is 2.06 bits per heavy atom. The van der Waals surface area contributed by atoms with Crippen LogP contribution in [0.25, 0.3) is 10.2 Å². The van der Waals surface area contributed by atoms with Gasteiger partial charge < -0.3 is 16.0 Å². The van der Waals surface area contributed by atoms with Gasteiger partial charge in [0.1, 0.15) is 11.5 Å². The third kappa shape index (κ3) is 5.32. The minimum Gasteiger partial charge on any atom is -0.383 e. The zero-order valence-electron chi connectivity index (χ0n) is 17.8. The lowest BCUT2D eigenvalue weighted by Crippen LogP contribution is -2.43. The van der Waals surface area contributed by atoms with Crippen LogP contribution < -0.4 is 27.2 Å². The number of carbonyl (C=O) groups excluding carboxylic acids is 1. The van der Waals surface area contributed by atoms with E-state index in [2.05, 4.69) is 15.3 Å². The first-order valence-corrected chi connectivity index (χ1v) is 11.2. The molecule has 2 heterocycles. The van der Waals surface area contributed by atoms with Gasteiger partial charge in [0.15, 0.2) is 0 Å². The molecule has 1 amide bonds. The molecule has 1 aromatic carbocycles. The molecule has 31 heavy (non-hydrogen) atoms. The van der Waals surface area contributed by atoms with Crippen LogP contribution in [0.1, 0.15) is 31.7 Å². The number of rotatable bonds is 10. The molecule has 0 fully saturated rings. The molecule has 4 N–H and O–H groups in total. The van der Waals surface area contributed by atoms with Crippen LogP contribution in [0, 0.1) is 0 Å². The molecule has 2 aromatic heterocycles. The lowest BCUT2D eigenvalue weighted by atomic mass is 10.3. The zero-order chi connectivity index (χ0) is 22.4. The lowest BCUT2D eigenvalue weighted by molar-refractivity contribution is -0.119. The van der Waals surface area contributed by atoms with Gasteiger partial charge in [-0.1, -0.05) is 25.5 Å². The highest BCUT2D eigenvalue weighted by molar-refractivity contribution is 7.18. The maximum atomic E-state index is 12.5. The van der Waals surface area contributed by atoms with Gasteiger partial charge >= 0.3 is 5.69 Å². The minimum atomic E-state index is -0.584. The van der Waals surface area contributed by atoms with Crippen LogP contribution in [0.15, 0.2) is 33.9 Å². The average Bonchev–Trinajstić information content (AvgIpc) is 3.15. The smallest absolute Gasteiger partial charge is 0.330 e. The van der Waals surface area contributed by atoms with Crippen molar-refractivity contribution in [3.05, 3.63) is 50.1 Å². The lowest BCUT2D eigenvalue weighted by Gasteiger charge is -2.24. The average molecular weight is 445 g/mol. The fraction of sp³-hybridized carbons (Fsp3) is 0.429. The molecule has 0 radical (unpaired) electrons. The number of benzene rings is 1. The molecule has 0 atom stereocenters. The minimum absolute atomic E-state index is 0.0321. The number of unbranched alkanes of at least 4 members (excludes halogenated alkanes) is 1. The Balaban J connectivity index is 1.65. The normalized spacial score (nSPS) is 11.0. The molecule has 166 valence electrons. The van der Waals surface area contributed by atoms with E-state index in [1.54, 1.807) is 16.2 Å². The molecule has 9 nitrogen and oxygen atoms in total. The van der Waals surface area contributed by atoms with Gasteiger partial charge in [0.2, 0.25) is 5.91 Å². The number of fused-ring (bicyclic) bond motifs is 1. The quantitative estimate of drug-likeness (QED) is 0.437. The van der Waals surface area contributed by atoms with Crippen LogP contribution in [-0.2, 0) is 17.8 Å². The number of hydrogen-bond acceptors (Lipinski definition) is 7. The Kier molecular flexibility index (Phi) is 7.45. The molecule has 0 spiro atoms. The van der Waals surface area contributed by atoms with E-state index in [1.807, 2.05) is 38.1 Å². The molecular weight excluding hydrogens is 416 g/mol. The molecular formula is C21H28N6O3S. The van der Waals surface area contributed by atoms with Crippen LogP contribution in [0.5, 0.6) is 0 Å². The fourth-order valence-electron chi connectivity index (χ4n) is 3.34. The second kappa shape index (κ2) is 10.3. The van der Waals surface area contributed by atoms with E-state index >= 15 is 0 Å². The topological polar surface area (TPSA) is 126 Å². The Morgan fingerprint density at radius 3 is 2.77 bits per heavy atom. The number of amides is 1. The molecule has 3 rings (SSSR count). The van der Waals surface area contributed by atoms with Gasteiger partial charge in [0, 0.05) is 26.1 Å². The molecule has 3 aromatic rings. The number of carbonyl (C=O) groups is 1. The Bertz CT molecular complexity index is 1130. The van der Waals surface area contributed by atoms with Crippen molar-refractivity contribution in [1.82, 2.24) is 19.9 Å². The molecule has 10 heteroatoms. The number of hydrogen-bond donors (Lipinski definition) is 3. The summed E-state index contributed by atoms with van der Waals surface area (Å²) in [6.07, 6.45) is 2.27. The van der Waals surface area contributed by atoms with Gasteiger partial charge in [0.05, 0.1) is 21.8 Å². The number of para-hydroxylation sites is 1. The zero-order valence-corrected chi connectivity index (χ0v) is 18.6. The summed E-state index contributed by atoms with van der Waals surface area (Å²) in [5.41, 5.74) is 6.15. The number of likely N-dealkylation sites (N-methyl/N-ethyl adjacent to an activating group) is 1. The Labute approximate surface area is 183 Å². The van der Waals surface area contributed by atoms with Gasteiger partial charge in [-0.2, -0.15) is 0 Å². The van der Waals surface area contributed by atoms with Crippen molar-refractivity contribution in [3.63, 3.8) is 0 Å². The summed E-state index contributed by atoms with van der Waals surface area (Å²) in [4.78, 5) is 45.5. The van der Waals surface area contributed by atoms with Crippen molar-refractivity contribution in [2.24, 2.45) is 0 Å². The summed E-state index contributed by atoms with van der Waals surface area (Å²) in [7, 11) is 0. The molecule has 0 aliphatic rings. The van der Waals surface area contributed by atoms with Crippen LogP contribution in [0.2, 0.25) is 0 Å². The first-order chi connectivity index (χ1) is 14.9. The summed E-state index contributed by atoms with van der Waals surface area (Å²) >= 11 is 1.61. The van der Waals surface area contributed by atoms with E-state index in [0.717, 1.165) is 28.1 Å². The predicted molar refractivity (Wildman–Crippen MR) is 125 cm³/mol. The van der Waals surface area contributed by atoms with Crippen molar-refractivity contribution < 1.29 is 4.79 Å². The number of aromatic nitrogens is 3. The molecule has 0 saturated heterocycles. The Morgan fingerprint density at radius 1 is 1.29 bits per heavy atom. The molecule has 0 unspecified atom stereocenters. The van der Waals surface area contributed by atoms with Crippen molar-refractivity contribution in [1.29, 1.82) is 0 Å². The van der Waals surface area contributed by atoms with Crippen LogP contribution >= 0.6 is 11.3 Å². The summed E-state index contributed by atoms with van der Waals surface area (Å²) < 4.78 is 2.47. The van der Waals surface area contributed by atoms with Gasteiger partial charge in [-0.3, -0.25) is 19.1 Å². The van der Waals surface area contributed by atoms with E-state index in [4.69, 9.17) is 5.73 Å². The molecule has 0 aliphatic carbocycles. The van der Waals surface area contributed by atoms with Crippen LogP contribution in [0.4, 0.5) is 11.5 Å². The third-order valence-corrected chi connectivity index (χ3v) is 6.08. The number of nitrogens with zero attached hydrogens (tertiary/aromatic N) is 3. The second-order valence-corrected chi connectivity index (χ2v) is 8.30. The highest BCUT2D eigenvalue weighted by Crippen LogP contribution is 2.21. The van der Waals surface area contributed by atoms with Crippen molar-refractivity contribution in [3.8, 4) is 0 Å². The van der Waals surface area contributed by atoms with E-state index in [0.29, 0.717) is 26.1 Å². The summed E-state index contributed by atoms with van der Waals surface area (Å²) in [5, 5.41) is 3.83. The van der Waals surface area contributed by atoms with Crippen LogP contribution in [0.3, 0.4) is 0 Å². The number of thiazole rings is 1. The SMILES string of the molecule is CCCCn1c(N)c(N(CC)CC(=O)NCCc2nc3ccccc3s2)c(=O)[nH]c1=O. The van der Waals surface area contributed by atoms with Crippen molar-refractivity contribution in [2.75, 3.05) is 30.3 Å². The first-order valence-electron chi connectivity index (χ1n) is 10.4. The van der Waals surface area contributed by atoms with Crippen molar-refractivity contribution in [2.45, 2.75) is 39.7 Å². The van der Waals surface area contributed by atoms with Gasteiger partial charge in [-0.25, -0.2) is 9.78 Å². The summed E-state index contributed by atoms with van der Waals surface area (Å²) in [5.74, 6) is -0.139. The fourth-order valence-corrected chi connectivity index (χ4v) is 4.30. The number of nitrogen functional groups attached to an aromatic ring is 1. The monoisotopic (exact) mass is 444 g/mol. The largest absolute Gasteiger partial charge is 0.383 e. The standard InChI is InChI=1S/C21H28N6O3S/c1-3-5-12-27-19(22)18(20(29)25-21(27)30)26(4-2)13-16(28)23-11-10-17-24-14-8-6-7-9-15(14)31-17/h6-9H,3-5,10-13,22H2,1-2H3,(H,23,28)(H,25,29,30). The third-order valence-electron chi connectivity index (χ3n) is 4.98. The summed E-state index contributed by atoms with van der Waals surface area (Å²) in [6, 6.07) is 7.92. The first kappa shape index (κ1) is 22.5. The number of H-pyrrole nitrogens is 1. The number of aromatic amines is 1. The van der Waals surface area contributed by atoms with E-state index in [1.165, 1.54) is 4.57 Å².